The first-order chi connectivity index (χ1) is 16.2. The number of rotatable bonds is 6. The highest BCUT2D eigenvalue weighted by Crippen LogP contribution is 2.33. The Bertz CT molecular complexity index is 1090. The fraction of sp³-hybridized carbons (Fsp3) is 0.333. The van der Waals surface area contributed by atoms with Crippen molar-refractivity contribution in [2.24, 2.45) is 0 Å². The lowest BCUT2D eigenvalue weighted by Gasteiger charge is -2.32. The van der Waals surface area contributed by atoms with Gasteiger partial charge in [-0.3, -0.25) is 0 Å². The van der Waals surface area contributed by atoms with Crippen molar-refractivity contribution < 1.29 is 32.9 Å². The molecular weight excluding hydrogens is 445 g/mol. The molecule has 0 radical (unpaired) electrons. The molecule has 0 bridgehead atoms. The second kappa shape index (κ2) is 10.2. The molecule has 3 aromatic rings. The number of ether oxygens (including phenoxy) is 2. The second-order valence-corrected chi connectivity index (χ2v) is 8.69. The number of aliphatic hydroxyl groups excluding tert-OH is 2. The van der Waals surface area contributed by atoms with Crippen LogP contribution in [0.1, 0.15) is 41.2 Å². The molecule has 0 amide bonds. The number of benzene rings is 3. The summed E-state index contributed by atoms with van der Waals surface area (Å²) in [6.45, 7) is 1.93. The Morgan fingerprint density at radius 1 is 0.941 bits per heavy atom. The summed E-state index contributed by atoms with van der Waals surface area (Å²) in [5.41, 5.74) is 6.05. The molecule has 1 fully saturated rings. The third-order valence-corrected chi connectivity index (χ3v) is 6.10. The number of aryl methyl sites for hydroxylation is 1. The summed E-state index contributed by atoms with van der Waals surface area (Å²) < 4.78 is 46.9. The topological polar surface area (TPSA) is 58.9 Å². The van der Waals surface area contributed by atoms with Crippen molar-refractivity contribution in [1.82, 2.24) is 0 Å². The fourth-order valence-corrected chi connectivity index (χ4v) is 4.29. The molecule has 1 heterocycles. The first-order valence-electron chi connectivity index (χ1n) is 11.2. The smallest absolute Gasteiger partial charge is 0.406 e. The minimum absolute atomic E-state index is 0.114. The van der Waals surface area contributed by atoms with Crippen molar-refractivity contribution in [1.29, 1.82) is 0 Å². The Hall–Kier alpha value is -2.87. The molecule has 1 saturated heterocycles. The van der Waals surface area contributed by atoms with Crippen LogP contribution in [0.5, 0.6) is 5.75 Å². The number of alkyl halides is 3. The summed E-state index contributed by atoms with van der Waals surface area (Å²) in [5, 5.41) is 19.6. The average molecular weight is 473 g/mol. The Morgan fingerprint density at radius 2 is 1.59 bits per heavy atom. The van der Waals surface area contributed by atoms with Crippen molar-refractivity contribution >= 4 is 0 Å². The monoisotopic (exact) mass is 472 g/mol. The normalized spacial score (nSPS) is 20.8. The van der Waals surface area contributed by atoms with Crippen molar-refractivity contribution in [3.05, 3.63) is 89.0 Å². The van der Waals surface area contributed by atoms with Crippen molar-refractivity contribution in [3.8, 4) is 16.9 Å². The third-order valence-electron chi connectivity index (χ3n) is 6.10. The van der Waals surface area contributed by atoms with Gasteiger partial charge in [-0.2, -0.15) is 0 Å². The van der Waals surface area contributed by atoms with Crippen molar-refractivity contribution in [2.45, 2.75) is 50.9 Å². The van der Waals surface area contributed by atoms with Gasteiger partial charge in [0.1, 0.15) is 5.75 Å². The van der Waals surface area contributed by atoms with Crippen LogP contribution in [-0.4, -0.2) is 35.4 Å². The zero-order valence-electron chi connectivity index (χ0n) is 18.8. The largest absolute Gasteiger partial charge is 0.573 e. The summed E-state index contributed by atoms with van der Waals surface area (Å²) in [4.78, 5) is 0. The lowest BCUT2D eigenvalue weighted by atomic mass is 9.92. The van der Waals surface area contributed by atoms with E-state index in [1.54, 1.807) is 12.1 Å². The van der Waals surface area contributed by atoms with Crippen LogP contribution in [0.3, 0.4) is 0 Å². The van der Waals surface area contributed by atoms with Gasteiger partial charge >= 0.3 is 6.36 Å². The van der Waals surface area contributed by atoms with Gasteiger partial charge in [0, 0.05) is 12.8 Å². The fourth-order valence-electron chi connectivity index (χ4n) is 4.29. The highest BCUT2D eigenvalue weighted by Gasteiger charge is 2.31. The average Bonchev–Trinajstić information content (AvgIpc) is 2.80. The SMILES string of the molecule is Cc1ccc(C2CC(O)CC(CO)O2)cc1Cc1ccc(-c2ccc(OC(F)(F)F)cc2)cc1. The number of halogens is 3. The first kappa shape index (κ1) is 24.3. The minimum atomic E-state index is -4.71. The third kappa shape index (κ3) is 6.17. The second-order valence-electron chi connectivity index (χ2n) is 8.69. The van der Waals surface area contributed by atoms with Gasteiger partial charge in [-0.05, 0) is 58.9 Å². The van der Waals surface area contributed by atoms with Crippen LogP contribution in [0.4, 0.5) is 13.2 Å². The first-order valence-corrected chi connectivity index (χ1v) is 11.2. The zero-order valence-corrected chi connectivity index (χ0v) is 18.8. The van der Waals surface area contributed by atoms with E-state index in [9.17, 15) is 23.4 Å². The van der Waals surface area contributed by atoms with Gasteiger partial charge in [-0.25, -0.2) is 0 Å². The van der Waals surface area contributed by atoms with Crippen LogP contribution in [0.25, 0.3) is 11.1 Å². The Morgan fingerprint density at radius 3 is 2.21 bits per heavy atom. The van der Waals surface area contributed by atoms with Gasteiger partial charge in [0.15, 0.2) is 0 Å². The molecule has 0 aliphatic carbocycles. The summed E-state index contributed by atoms with van der Waals surface area (Å²) in [6.07, 6.45) is -4.18. The van der Waals surface area contributed by atoms with E-state index >= 15 is 0 Å². The molecule has 4 rings (SSSR count). The lowest BCUT2D eigenvalue weighted by molar-refractivity contribution is -0.274. The molecule has 0 spiro atoms. The highest BCUT2D eigenvalue weighted by atomic mass is 19.4. The summed E-state index contributed by atoms with van der Waals surface area (Å²) in [6, 6.07) is 19.8. The lowest BCUT2D eigenvalue weighted by Crippen LogP contribution is -2.33. The molecule has 3 aromatic carbocycles. The van der Waals surface area contributed by atoms with Crippen molar-refractivity contribution in [3.63, 3.8) is 0 Å². The summed E-state index contributed by atoms with van der Waals surface area (Å²) in [7, 11) is 0. The van der Waals surface area contributed by atoms with Crippen LogP contribution in [0.2, 0.25) is 0 Å². The maximum atomic E-state index is 12.3. The van der Waals surface area contributed by atoms with Crippen LogP contribution in [-0.2, 0) is 11.2 Å². The predicted octanol–water partition coefficient (Wildman–Crippen LogP) is 5.72. The molecule has 180 valence electrons. The maximum absolute atomic E-state index is 12.3. The van der Waals surface area contributed by atoms with E-state index < -0.39 is 12.5 Å². The molecule has 0 saturated carbocycles. The van der Waals surface area contributed by atoms with E-state index in [2.05, 4.69) is 10.8 Å². The predicted molar refractivity (Wildman–Crippen MR) is 122 cm³/mol. The van der Waals surface area contributed by atoms with Gasteiger partial charge in [0.2, 0.25) is 0 Å². The van der Waals surface area contributed by atoms with Gasteiger partial charge in [0.05, 0.1) is 24.9 Å². The van der Waals surface area contributed by atoms with E-state index in [1.807, 2.05) is 43.3 Å². The minimum Gasteiger partial charge on any atom is -0.406 e. The van der Waals surface area contributed by atoms with E-state index in [1.165, 1.54) is 12.1 Å². The van der Waals surface area contributed by atoms with Gasteiger partial charge < -0.3 is 19.7 Å². The molecule has 2 N–H and O–H groups in total. The van der Waals surface area contributed by atoms with Crippen molar-refractivity contribution in [2.75, 3.05) is 6.61 Å². The molecule has 3 atom stereocenters. The maximum Gasteiger partial charge on any atom is 0.573 e. The quantitative estimate of drug-likeness (QED) is 0.482. The molecule has 34 heavy (non-hydrogen) atoms. The van der Waals surface area contributed by atoms with Gasteiger partial charge in [0.25, 0.3) is 0 Å². The van der Waals surface area contributed by atoms with E-state index in [0.717, 1.165) is 33.4 Å². The summed E-state index contributed by atoms with van der Waals surface area (Å²) >= 11 is 0. The number of hydrogen-bond acceptors (Lipinski definition) is 4. The van der Waals surface area contributed by atoms with E-state index in [0.29, 0.717) is 19.3 Å². The van der Waals surface area contributed by atoms with Gasteiger partial charge in [-0.1, -0.05) is 54.6 Å². The van der Waals surface area contributed by atoms with Crippen LogP contribution < -0.4 is 4.74 Å². The standard InChI is InChI=1S/C27H27F3O4/c1-17-2-5-21(26-15-23(32)14-25(16-31)33-26)13-22(17)12-18-3-6-19(7-4-18)20-8-10-24(11-9-20)34-27(28,29)30/h2-11,13,23,25-26,31-32H,12,14-16H2,1H3. The highest BCUT2D eigenvalue weighted by molar-refractivity contribution is 5.64. The summed E-state index contributed by atoms with van der Waals surface area (Å²) in [5.74, 6) is -0.247. The zero-order chi connectivity index (χ0) is 24.3. The molecule has 1 aliphatic rings. The molecule has 0 aromatic heterocycles. The molecular formula is C27H27F3O4. The molecule has 4 nitrogen and oxygen atoms in total. The van der Waals surface area contributed by atoms with E-state index in [-0.39, 0.29) is 24.6 Å². The molecule has 3 unspecified atom stereocenters. The van der Waals surface area contributed by atoms with Gasteiger partial charge in [-0.15, -0.1) is 13.2 Å². The number of hydrogen-bond donors (Lipinski definition) is 2. The molecule has 7 heteroatoms. The Kier molecular flexibility index (Phi) is 7.26. The van der Waals surface area contributed by atoms with Crippen LogP contribution >= 0.6 is 0 Å². The van der Waals surface area contributed by atoms with Crippen LogP contribution in [0, 0.1) is 6.92 Å². The van der Waals surface area contributed by atoms with E-state index in [4.69, 9.17) is 4.74 Å². The molecule has 1 aliphatic heterocycles. The number of aliphatic hydroxyl groups is 2. The Balaban J connectivity index is 1.46. The Labute approximate surface area is 196 Å². The van der Waals surface area contributed by atoms with Crippen LogP contribution in [0.15, 0.2) is 66.7 Å².